The van der Waals surface area contributed by atoms with Crippen molar-refractivity contribution in [2.75, 3.05) is 44.2 Å². The monoisotopic (exact) mass is 464 g/mol. The molecule has 1 aliphatic heterocycles. The van der Waals surface area contributed by atoms with Crippen molar-refractivity contribution in [1.82, 2.24) is 15.2 Å². The summed E-state index contributed by atoms with van der Waals surface area (Å²) < 4.78 is 38.8. The largest absolute Gasteiger partial charge is 0.416 e. The number of rotatable bonds is 6. The Kier molecular flexibility index (Phi) is 6.61. The number of benzene rings is 1. The van der Waals surface area contributed by atoms with Crippen LogP contribution in [-0.2, 0) is 28.6 Å². The lowest BCUT2D eigenvalue weighted by Gasteiger charge is -2.36. The zero-order chi connectivity index (χ0) is 22.7. The third-order valence-corrected chi connectivity index (χ3v) is 6.60. The molecular formula is C22H23F3N4O2S. The Hall–Kier alpha value is -2.72. The maximum Gasteiger partial charge on any atom is 0.416 e. The number of fused-ring (bicyclic) bond motifs is 1. The van der Waals surface area contributed by atoms with Gasteiger partial charge in [0.1, 0.15) is 0 Å². The molecule has 4 rings (SSSR count). The highest BCUT2D eigenvalue weighted by molar-refractivity contribution is 7.12. The van der Waals surface area contributed by atoms with Crippen LogP contribution in [0.3, 0.4) is 0 Å². The van der Waals surface area contributed by atoms with E-state index >= 15 is 0 Å². The quantitative estimate of drug-likeness (QED) is 0.712. The summed E-state index contributed by atoms with van der Waals surface area (Å²) in [5, 5.41) is 3.79. The highest BCUT2D eigenvalue weighted by Crippen LogP contribution is 2.32. The fourth-order valence-corrected chi connectivity index (χ4v) is 4.84. The van der Waals surface area contributed by atoms with Gasteiger partial charge in [-0.15, -0.1) is 11.3 Å². The number of nitrogens with one attached hydrogen (secondary N) is 1. The molecule has 32 heavy (non-hydrogen) atoms. The summed E-state index contributed by atoms with van der Waals surface area (Å²) in [4.78, 5) is 33.1. The Morgan fingerprint density at radius 1 is 1.16 bits per heavy atom. The number of hydrogen-bond donors (Lipinski definition) is 1. The predicted octanol–water partition coefficient (Wildman–Crippen LogP) is 2.78. The van der Waals surface area contributed by atoms with E-state index in [4.69, 9.17) is 0 Å². The first kappa shape index (κ1) is 22.5. The molecule has 2 heterocycles. The summed E-state index contributed by atoms with van der Waals surface area (Å²) in [6.45, 7) is 3.04. The summed E-state index contributed by atoms with van der Waals surface area (Å²) in [7, 11) is 0. The van der Waals surface area contributed by atoms with E-state index in [9.17, 15) is 22.8 Å². The van der Waals surface area contributed by atoms with Gasteiger partial charge < -0.3 is 10.2 Å². The van der Waals surface area contributed by atoms with Crippen LogP contribution in [0.2, 0.25) is 0 Å². The first-order chi connectivity index (χ1) is 15.3. The normalized spacial score (nSPS) is 16.8. The van der Waals surface area contributed by atoms with E-state index in [1.165, 1.54) is 23.5 Å². The number of aromatic nitrogens is 1. The van der Waals surface area contributed by atoms with Gasteiger partial charge in [0, 0.05) is 56.1 Å². The molecule has 1 amide bonds. The lowest BCUT2D eigenvalue weighted by molar-refractivity contribution is -0.137. The van der Waals surface area contributed by atoms with Crippen molar-refractivity contribution in [3.63, 3.8) is 0 Å². The second kappa shape index (κ2) is 9.41. The molecule has 0 spiro atoms. The minimum atomic E-state index is -4.36. The number of halogens is 3. The number of piperazine rings is 1. The number of carbonyl (C=O) groups is 2. The highest BCUT2D eigenvalue weighted by Gasteiger charge is 2.31. The van der Waals surface area contributed by atoms with Crippen molar-refractivity contribution in [2.45, 2.75) is 19.0 Å². The van der Waals surface area contributed by atoms with Gasteiger partial charge in [0.15, 0.2) is 5.78 Å². The molecule has 2 aromatic rings. The van der Waals surface area contributed by atoms with Crippen LogP contribution in [0.15, 0.2) is 30.3 Å². The van der Waals surface area contributed by atoms with Crippen LogP contribution in [0.1, 0.15) is 21.1 Å². The number of carbonyl (C=O) groups excluding carboxylic acids is 2. The van der Waals surface area contributed by atoms with E-state index in [-0.39, 0.29) is 18.2 Å². The minimum Gasteiger partial charge on any atom is -0.369 e. The molecule has 1 aliphatic carbocycles. The molecule has 0 unspecified atom stereocenters. The Labute approximate surface area is 187 Å². The van der Waals surface area contributed by atoms with Crippen molar-refractivity contribution < 1.29 is 22.8 Å². The third kappa shape index (κ3) is 5.55. The second-order valence-corrected chi connectivity index (χ2v) is 8.97. The molecule has 2 aliphatic rings. The van der Waals surface area contributed by atoms with E-state index in [1.54, 1.807) is 18.2 Å². The van der Waals surface area contributed by atoms with Crippen molar-refractivity contribution in [2.24, 2.45) is 0 Å². The first-order valence-electron chi connectivity index (χ1n) is 10.4. The third-order valence-electron chi connectivity index (χ3n) is 5.47. The predicted molar refractivity (Wildman–Crippen MR) is 117 cm³/mol. The van der Waals surface area contributed by atoms with Crippen LogP contribution >= 0.6 is 11.3 Å². The number of ketones is 1. The smallest absolute Gasteiger partial charge is 0.369 e. The molecule has 1 saturated heterocycles. The number of nitrogens with zero attached hydrogens (tertiary/aromatic N) is 3. The molecule has 10 heteroatoms. The number of allylic oxidation sites excluding steroid dienone is 1. The van der Waals surface area contributed by atoms with Gasteiger partial charge in [-0.3, -0.25) is 14.5 Å². The molecule has 1 aromatic heterocycles. The van der Waals surface area contributed by atoms with Gasteiger partial charge in [0.2, 0.25) is 5.91 Å². The van der Waals surface area contributed by atoms with E-state index in [2.05, 4.69) is 10.3 Å². The summed E-state index contributed by atoms with van der Waals surface area (Å²) in [6.07, 6.45) is -0.0851. The number of anilines is 1. The van der Waals surface area contributed by atoms with Crippen molar-refractivity contribution in [1.29, 1.82) is 0 Å². The standard InChI is InChI=1S/C22H23F3N4O2S/c23-22(24,25)15-2-1-3-16(12-15)29-10-8-28(9-11-29)14-20(31)26-7-6-21-27-18-5-4-17(30)13-19(18)32-21/h1-5,12H,6-11,13-14H2,(H,26,31). The Morgan fingerprint density at radius 2 is 1.94 bits per heavy atom. The van der Waals surface area contributed by atoms with E-state index in [0.717, 1.165) is 21.6 Å². The van der Waals surface area contributed by atoms with Gasteiger partial charge in [0.25, 0.3) is 0 Å². The molecule has 1 N–H and O–H groups in total. The lowest BCUT2D eigenvalue weighted by atomic mass is 10.1. The number of alkyl halides is 3. The van der Waals surface area contributed by atoms with Crippen LogP contribution in [0, 0.1) is 0 Å². The zero-order valence-corrected chi connectivity index (χ0v) is 18.1. The maximum atomic E-state index is 12.9. The molecule has 1 aromatic carbocycles. The Bertz CT molecular complexity index is 1030. The van der Waals surface area contributed by atoms with Gasteiger partial charge in [0.05, 0.1) is 22.8 Å². The second-order valence-electron chi connectivity index (χ2n) is 7.80. The van der Waals surface area contributed by atoms with E-state index in [0.29, 0.717) is 51.3 Å². The Morgan fingerprint density at radius 3 is 2.69 bits per heavy atom. The van der Waals surface area contributed by atoms with Gasteiger partial charge in [-0.1, -0.05) is 6.07 Å². The van der Waals surface area contributed by atoms with E-state index in [1.807, 2.05) is 9.80 Å². The number of thiazole rings is 1. The molecular weight excluding hydrogens is 441 g/mol. The maximum absolute atomic E-state index is 12.9. The van der Waals surface area contributed by atoms with Crippen LogP contribution in [0.4, 0.5) is 18.9 Å². The van der Waals surface area contributed by atoms with Gasteiger partial charge in [-0.2, -0.15) is 13.2 Å². The van der Waals surface area contributed by atoms with Gasteiger partial charge >= 0.3 is 6.18 Å². The fourth-order valence-electron chi connectivity index (χ4n) is 3.78. The van der Waals surface area contributed by atoms with Crippen LogP contribution in [0.5, 0.6) is 0 Å². The van der Waals surface area contributed by atoms with Crippen molar-refractivity contribution in [3.8, 4) is 0 Å². The zero-order valence-electron chi connectivity index (χ0n) is 17.3. The molecule has 170 valence electrons. The van der Waals surface area contributed by atoms with Crippen molar-refractivity contribution in [3.05, 3.63) is 51.5 Å². The lowest BCUT2D eigenvalue weighted by Crippen LogP contribution is -2.49. The van der Waals surface area contributed by atoms with Crippen LogP contribution < -0.4 is 10.2 Å². The highest BCUT2D eigenvalue weighted by atomic mass is 32.1. The topological polar surface area (TPSA) is 65.5 Å². The molecule has 0 saturated carbocycles. The molecule has 0 atom stereocenters. The van der Waals surface area contributed by atoms with Gasteiger partial charge in [-0.25, -0.2) is 4.98 Å². The average Bonchev–Trinajstić information content (AvgIpc) is 3.15. The average molecular weight is 465 g/mol. The first-order valence-corrected chi connectivity index (χ1v) is 11.2. The van der Waals surface area contributed by atoms with Crippen LogP contribution in [0.25, 0.3) is 6.08 Å². The van der Waals surface area contributed by atoms with E-state index < -0.39 is 11.7 Å². The SMILES string of the molecule is O=C1C=Cc2nc(CCNC(=O)CN3CCN(c4cccc(C(F)(F)F)c4)CC3)sc2C1. The Balaban J connectivity index is 1.20. The number of hydrogen-bond acceptors (Lipinski definition) is 6. The summed E-state index contributed by atoms with van der Waals surface area (Å²) >= 11 is 1.51. The molecule has 1 fully saturated rings. The summed E-state index contributed by atoms with van der Waals surface area (Å²) in [5.74, 6) is -0.0110. The molecule has 6 nitrogen and oxygen atoms in total. The fraction of sp³-hybridized carbons (Fsp3) is 0.409. The summed E-state index contributed by atoms with van der Waals surface area (Å²) in [5.41, 5.74) is 0.738. The number of amides is 1. The van der Waals surface area contributed by atoms with Crippen molar-refractivity contribution >= 4 is 34.8 Å². The minimum absolute atomic E-state index is 0.0779. The van der Waals surface area contributed by atoms with Crippen LogP contribution in [-0.4, -0.2) is 60.8 Å². The molecule has 0 radical (unpaired) electrons. The molecule has 0 bridgehead atoms. The van der Waals surface area contributed by atoms with Gasteiger partial charge in [-0.05, 0) is 30.4 Å². The summed E-state index contributed by atoms with van der Waals surface area (Å²) in [6, 6.07) is 5.34.